The quantitative estimate of drug-likeness (QED) is 0.839. The van der Waals surface area contributed by atoms with E-state index in [1.54, 1.807) is 18.7 Å². The van der Waals surface area contributed by atoms with Crippen molar-refractivity contribution in [1.82, 2.24) is 9.21 Å². The molecule has 1 aromatic carbocycles. The summed E-state index contributed by atoms with van der Waals surface area (Å²) in [6.45, 7) is 4.49. The fraction of sp³-hybridized carbons (Fsp3) is 0.533. The summed E-state index contributed by atoms with van der Waals surface area (Å²) in [6, 6.07) is 2.36. The molecule has 0 bridgehead atoms. The molecule has 1 amide bonds. The molecule has 0 aromatic heterocycles. The van der Waals surface area contributed by atoms with Crippen molar-refractivity contribution in [3.05, 3.63) is 29.8 Å². The molecule has 1 fully saturated rings. The van der Waals surface area contributed by atoms with Crippen molar-refractivity contribution in [1.29, 1.82) is 0 Å². The van der Waals surface area contributed by atoms with Crippen molar-refractivity contribution < 1.29 is 22.0 Å². The van der Waals surface area contributed by atoms with Crippen molar-refractivity contribution in [3.63, 3.8) is 0 Å². The Morgan fingerprint density at radius 2 is 1.83 bits per heavy atom. The predicted octanol–water partition coefficient (Wildman–Crippen LogP) is 1.84. The standard InChI is InChI=1S/C15H20F2N2O3S/c1-11(2)15(20)18-6-3-7-19(9-8-18)23(21,22)14-10-12(16)4-5-13(14)17/h4-5,10-11H,3,6-9H2,1-2H3. The summed E-state index contributed by atoms with van der Waals surface area (Å²) in [5.41, 5.74) is 0. The lowest BCUT2D eigenvalue weighted by atomic mass is 10.2. The Hall–Kier alpha value is -1.54. The van der Waals surface area contributed by atoms with Crippen LogP contribution in [0.5, 0.6) is 0 Å². The van der Waals surface area contributed by atoms with Crippen LogP contribution in [0.15, 0.2) is 23.1 Å². The fourth-order valence-corrected chi connectivity index (χ4v) is 4.08. The third kappa shape index (κ3) is 3.87. The molecule has 0 atom stereocenters. The van der Waals surface area contributed by atoms with E-state index in [1.807, 2.05) is 0 Å². The molecular weight excluding hydrogens is 326 g/mol. The van der Waals surface area contributed by atoms with E-state index in [9.17, 15) is 22.0 Å². The van der Waals surface area contributed by atoms with Crippen LogP contribution in [-0.4, -0.2) is 49.7 Å². The topological polar surface area (TPSA) is 57.7 Å². The molecule has 23 heavy (non-hydrogen) atoms. The minimum atomic E-state index is -4.13. The van der Waals surface area contributed by atoms with Gasteiger partial charge >= 0.3 is 0 Å². The number of sulfonamides is 1. The van der Waals surface area contributed by atoms with Gasteiger partial charge in [0.2, 0.25) is 15.9 Å². The Bertz CT molecular complexity index is 692. The third-order valence-corrected chi connectivity index (χ3v) is 5.69. The maximum absolute atomic E-state index is 13.8. The summed E-state index contributed by atoms with van der Waals surface area (Å²) in [7, 11) is -4.13. The molecule has 1 aromatic rings. The Morgan fingerprint density at radius 1 is 1.13 bits per heavy atom. The van der Waals surface area contributed by atoms with Crippen LogP contribution in [-0.2, 0) is 14.8 Å². The molecular formula is C15H20F2N2O3S. The number of carbonyl (C=O) groups is 1. The van der Waals surface area contributed by atoms with Crippen LogP contribution in [0.4, 0.5) is 8.78 Å². The maximum atomic E-state index is 13.8. The molecule has 2 rings (SSSR count). The lowest BCUT2D eigenvalue weighted by molar-refractivity contribution is -0.134. The molecule has 0 spiro atoms. The van der Waals surface area contributed by atoms with Crippen LogP contribution >= 0.6 is 0 Å². The van der Waals surface area contributed by atoms with Gasteiger partial charge in [-0.15, -0.1) is 0 Å². The van der Waals surface area contributed by atoms with E-state index in [0.29, 0.717) is 19.0 Å². The summed E-state index contributed by atoms with van der Waals surface area (Å²) < 4.78 is 53.3. The number of hydrogen-bond donors (Lipinski definition) is 0. The van der Waals surface area contributed by atoms with Gasteiger partial charge in [-0.25, -0.2) is 17.2 Å². The highest BCUT2D eigenvalue weighted by atomic mass is 32.2. The van der Waals surface area contributed by atoms with Gasteiger partial charge in [-0.2, -0.15) is 4.31 Å². The van der Waals surface area contributed by atoms with Gasteiger partial charge in [0.15, 0.2) is 0 Å². The molecule has 0 saturated carbocycles. The highest BCUT2D eigenvalue weighted by Gasteiger charge is 2.31. The molecule has 1 aliphatic heterocycles. The van der Waals surface area contributed by atoms with Crippen molar-refractivity contribution in [2.75, 3.05) is 26.2 Å². The van der Waals surface area contributed by atoms with E-state index in [0.717, 1.165) is 16.4 Å². The summed E-state index contributed by atoms with van der Waals surface area (Å²) >= 11 is 0. The first kappa shape index (κ1) is 17.8. The predicted molar refractivity (Wildman–Crippen MR) is 81.2 cm³/mol. The third-order valence-electron chi connectivity index (χ3n) is 3.77. The summed E-state index contributed by atoms with van der Waals surface area (Å²) in [4.78, 5) is 13.0. The van der Waals surface area contributed by atoms with Gasteiger partial charge < -0.3 is 4.90 Å². The number of amides is 1. The average Bonchev–Trinajstić information content (AvgIpc) is 2.75. The van der Waals surface area contributed by atoms with Crippen molar-refractivity contribution in [3.8, 4) is 0 Å². The minimum Gasteiger partial charge on any atom is -0.341 e. The maximum Gasteiger partial charge on any atom is 0.246 e. The molecule has 0 unspecified atom stereocenters. The van der Waals surface area contributed by atoms with Gasteiger partial charge in [-0.3, -0.25) is 4.79 Å². The molecule has 1 heterocycles. The van der Waals surface area contributed by atoms with Crippen molar-refractivity contribution in [2.45, 2.75) is 25.2 Å². The molecule has 0 radical (unpaired) electrons. The second kappa shape index (κ2) is 6.92. The largest absolute Gasteiger partial charge is 0.341 e. The van der Waals surface area contributed by atoms with E-state index in [2.05, 4.69) is 0 Å². The second-order valence-electron chi connectivity index (χ2n) is 5.81. The average molecular weight is 346 g/mol. The molecule has 0 N–H and O–H groups in total. The zero-order valence-electron chi connectivity index (χ0n) is 13.1. The molecule has 1 saturated heterocycles. The van der Waals surface area contributed by atoms with E-state index < -0.39 is 26.6 Å². The smallest absolute Gasteiger partial charge is 0.246 e. The monoisotopic (exact) mass is 346 g/mol. The van der Waals surface area contributed by atoms with Gasteiger partial charge in [-0.1, -0.05) is 13.8 Å². The number of hydrogen-bond acceptors (Lipinski definition) is 3. The van der Waals surface area contributed by atoms with Gasteiger partial charge in [0.25, 0.3) is 0 Å². The van der Waals surface area contributed by atoms with Crippen LogP contribution in [0.1, 0.15) is 20.3 Å². The second-order valence-corrected chi connectivity index (χ2v) is 7.72. The van der Waals surface area contributed by atoms with Crippen molar-refractivity contribution >= 4 is 15.9 Å². The van der Waals surface area contributed by atoms with Crippen LogP contribution in [0.25, 0.3) is 0 Å². The van der Waals surface area contributed by atoms with E-state index in [-0.39, 0.29) is 31.5 Å². The van der Waals surface area contributed by atoms with Crippen LogP contribution in [0, 0.1) is 17.6 Å². The lowest BCUT2D eigenvalue weighted by Crippen LogP contribution is -2.39. The van der Waals surface area contributed by atoms with E-state index in [4.69, 9.17) is 0 Å². The van der Waals surface area contributed by atoms with Crippen molar-refractivity contribution in [2.24, 2.45) is 5.92 Å². The number of carbonyl (C=O) groups excluding carboxylic acids is 1. The fourth-order valence-electron chi connectivity index (χ4n) is 2.53. The number of halogens is 2. The Kier molecular flexibility index (Phi) is 5.36. The highest BCUT2D eigenvalue weighted by molar-refractivity contribution is 7.89. The molecule has 1 aliphatic rings. The summed E-state index contributed by atoms with van der Waals surface area (Å²) in [5, 5.41) is 0. The van der Waals surface area contributed by atoms with Gasteiger partial charge in [0.05, 0.1) is 0 Å². The summed E-state index contributed by atoms with van der Waals surface area (Å²) in [6.07, 6.45) is 0.453. The van der Waals surface area contributed by atoms with Crippen LogP contribution < -0.4 is 0 Å². The normalized spacial score (nSPS) is 17.3. The first-order valence-electron chi connectivity index (χ1n) is 7.47. The first-order valence-corrected chi connectivity index (χ1v) is 8.91. The van der Waals surface area contributed by atoms with E-state index in [1.165, 1.54) is 0 Å². The number of nitrogens with zero attached hydrogens (tertiary/aromatic N) is 2. The Morgan fingerprint density at radius 3 is 2.48 bits per heavy atom. The lowest BCUT2D eigenvalue weighted by Gasteiger charge is -2.23. The zero-order valence-corrected chi connectivity index (χ0v) is 13.9. The molecule has 5 nitrogen and oxygen atoms in total. The van der Waals surface area contributed by atoms with Crippen LogP contribution in [0.3, 0.4) is 0 Å². The minimum absolute atomic E-state index is 0.0406. The number of rotatable bonds is 3. The van der Waals surface area contributed by atoms with Gasteiger partial charge in [0, 0.05) is 32.1 Å². The zero-order chi connectivity index (χ0) is 17.2. The SMILES string of the molecule is CC(C)C(=O)N1CCCN(S(=O)(=O)c2cc(F)ccc2F)CC1. The molecule has 0 aliphatic carbocycles. The van der Waals surface area contributed by atoms with Crippen LogP contribution in [0.2, 0.25) is 0 Å². The number of benzene rings is 1. The Balaban J connectivity index is 2.21. The molecule has 8 heteroatoms. The highest BCUT2D eigenvalue weighted by Crippen LogP contribution is 2.22. The Labute approximate surface area is 134 Å². The van der Waals surface area contributed by atoms with Gasteiger partial charge in [0.1, 0.15) is 16.5 Å². The van der Waals surface area contributed by atoms with Gasteiger partial charge in [-0.05, 0) is 24.6 Å². The van der Waals surface area contributed by atoms with E-state index >= 15 is 0 Å². The molecule has 128 valence electrons. The first-order chi connectivity index (χ1) is 10.7. The summed E-state index contributed by atoms with van der Waals surface area (Å²) in [5.74, 6) is -2.00.